The molecule has 1 amide bonds. The minimum atomic E-state index is -0.0994. The molecule has 1 heterocycles. The third-order valence-corrected chi connectivity index (χ3v) is 3.55. The predicted molar refractivity (Wildman–Crippen MR) is 51.1 cm³/mol. The standard InChI is InChI=1S/C10H18N2O/c1-9(2)6-10(3-4-12-9)5-7(10)8(11)13/h7,12H,3-6H2,1-2H3,(H2,11,13). The molecule has 1 aliphatic heterocycles. The maximum Gasteiger partial charge on any atom is 0.221 e. The second-order valence-electron chi connectivity index (χ2n) is 5.26. The second-order valence-corrected chi connectivity index (χ2v) is 5.26. The molecule has 13 heavy (non-hydrogen) atoms. The molecular weight excluding hydrogens is 164 g/mol. The van der Waals surface area contributed by atoms with Gasteiger partial charge < -0.3 is 11.1 Å². The van der Waals surface area contributed by atoms with Gasteiger partial charge in [0.25, 0.3) is 0 Å². The van der Waals surface area contributed by atoms with E-state index in [4.69, 9.17) is 5.73 Å². The molecule has 0 aromatic heterocycles. The van der Waals surface area contributed by atoms with E-state index in [-0.39, 0.29) is 22.8 Å². The van der Waals surface area contributed by atoms with Gasteiger partial charge in [0.15, 0.2) is 0 Å². The average Bonchev–Trinajstić information content (AvgIpc) is 2.60. The van der Waals surface area contributed by atoms with E-state index in [1.54, 1.807) is 0 Å². The van der Waals surface area contributed by atoms with Crippen LogP contribution in [0.4, 0.5) is 0 Å². The summed E-state index contributed by atoms with van der Waals surface area (Å²) in [6, 6.07) is 0. The van der Waals surface area contributed by atoms with Crippen LogP contribution in [-0.2, 0) is 4.79 Å². The van der Waals surface area contributed by atoms with Crippen molar-refractivity contribution in [3.8, 4) is 0 Å². The van der Waals surface area contributed by atoms with Gasteiger partial charge in [-0.05, 0) is 45.1 Å². The van der Waals surface area contributed by atoms with Crippen molar-refractivity contribution in [1.82, 2.24) is 5.32 Å². The van der Waals surface area contributed by atoms with E-state index < -0.39 is 0 Å². The zero-order chi connectivity index (χ0) is 9.69. The minimum Gasteiger partial charge on any atom is -0.369 e. The van der Waals surface area contributed by atoms with Crippen molar-refractivity contribution in [1.29, 1.82) is 0 Å². The van der Waals surface area contributed by atoms with Crippen LogP contribution in [0.3, 0.4) is 0 Å². The molecule has 1 saturated carbocycles. The first-order valence-corrected chi connectivity index (χ1v) is 5.00. The first-order valence-electron chi connectivity index (χ1n) is 5.00. The van der Waals surface area contributed by atoms with E-state index in [2.05, 4.69) is 19.2 Å². The number of hydrogen-bond donors (Lipinski definition) is 2. The number of primary amides is 1. The summed E-state index contributed by atoms with van der Waals surface area (Å²) in [5.74, 6) is 0.0616. The Labute approximate surface area is 79.1 Å². The highest BCUT2D eigenvalue weighted by Gasteiger charge is 2.59. The lowest BCUT2D eigenvalue weighted by Crippen LogP contribution is -2.47. The molecule has 1 aliphatic carbocycles. The van der Waals surface area contributed by atoms with Crippen LogP contribution in [0.2, 0.25) is 0 Å². The lowest BCUT2D eigenvalue weighted by molar-refractivity contribution is -0.120. The van der Waals surface area contributed by atoms with Crippen molar-refractivity contribution >= 4 is 5.91 Å². The average molecular weight is 182 g/mol. The predicted octanol–water partition coefficient (Wildman–Crippen LogP) is 0.640. The fourth-order valence-corrected chi connectivity index (χ4v) is 2.90. The number of hydrogen-bond acceptors (Lipinski definition) is 2. The minimum absolute atomic E-state index is 0.0994. The largest absolute Gasteiger partial charge is 0.369 e. The summed E-state index contributed by atoms with van der Waals surface area (Å²) >= 11 is 0. The molecule has 0 radical (unpaired) electrons. The monoisotopic (exact) mass is 182 g/mol. The Hall–Kier alpha value is -0.570. The van der Waals surface area contributed by atoms with Crippen LogP contribution in [0.1, 0.15) is 33.1 Å². The fourth-order valence-electron chi connectivity index (χ4n) is 2.90. The molecule has 2 atom stereocenters. The van der Waals surface area contributed by atoms with E-state index in [1.807, 2.05) is 0 Å². The highest BCUT2D eigenvalue weighted by atomic mass is 16.1. The van der Waals surface area contributed by atoms with Crippen LogP contribution in [0.5, 0.6) is 0 Å². The smallest absolute Gasteiger partial charge is 0.221 e. The molecule has 2 aliphatic rings. The molecule has 3 nitrogen and oxygen atoms in total. The number of nitrogens with one attached hydrogen (secondary N) is 1. The lowest BCUT2D eigenvalue weighted by Gasteiger charge is -2.37. The van der Waals surface area contributed by atoms with Gasteiger partial charge in [0.1, 0.15) is 0 Å². The van der Waals surface area contributed by atoms with Gasteiger partial charge in [-0.2, -0.15) is 0 Å². The molecule has 74 valence electrons. The summed E-state index contributed by atoms with van der Waals surface area (Å²) in [5.41, 5.74) is 5.78. The number of nitrogens with two attached hydrogens (primary N) is 1. The number of amides is 1. The number of piperidine rings is 1. The first kappa shape index (κ1) is 9.00. The Morgan fingerprint density at radius 1 is 1.54 bits per heavy atom. The van der Waals surface area contributed by atoms with Crippen molar-refractivity contribution in [2.75, 3.05) is 6.54 Å². The van der Waals surface area contributed by atoms with E-state index >= 15 is 0 Å². The van der Waals surface area contributed by atoms with Gasteiger partial charge in [0, 0.05) is 11.5 Å². The highest BCUT2D eigenvalue weighted by molar-refractivity contribution is 5.80. The highest BCUT2D eigenvalue weighted by Crippen LogP contribution is 2.60. The molecule has 2 unspecified atom stereocenters. The van der Waals surface area contributed by atoms with Crippen LogP contribution in [0.25, 0.3) is 0 Å². The third kappa shape index (κ3) is 1.46. The van der Waals surface area contributed by atoms with E-state index in [0.717, 1.165) is 25.8 Å². The lowest BCUT2D eigenvalue weighted by atomic mass is 9.80. The van der Waals surface area contributed by atoms with E-state index in [1.165, 1.54) is 0 Å². The molecule has 0 bridgehead atoms. The van der Waals surface area contributed by atoms with Gasteiger partial charge >= 0.3 is 0 Å². The maximum absolute atomic E-state index is 11.0. The van der Waals surface area contributed by atoms with E-state index in [0.29, 0.717) is 0 Å². The van der Waals surface area contributed by atoms with Crippen molar-refractivity contribution in [3.05, 3.63) is 0 Å². The molecule has 0 aromatic rings. The number of carbonyl (C=O) groups excluding carboxylic acids is 1. The summed E-state index contributed by atoms with van der Waals surface area (Å²) in [4.78, 5) is 11.0. The quantitative estimate of drug-likeness (QED) is 0.625. The zero-order valence-electron chi connectivity index (χ0n) is 8.39. The van der Waals surface area contributed by atoms with Crippen molar-refractivity contribution < 1.29 is 4.79 Å². The molecule has 1 saturated heterocycles. The van der Waals surface area contributed by atoms with Gasteiger partial charge in [-0.1, -0.05) is 0 Å². The van der Waals surface area contributed by atoms with Gasteiger partial charge in [0.05, 0.1) is 0 Å². The first-order chi connectivity index (χ1) is 5.95. The summed E-state index contributed by atoms with van der Waals surface area (Å²) in [7, 11) is 0. The summed E-state index contributed by atoms with van der Waals surface area (Å²) in [6.45, 7) is 5.42. The van der Waals surface area contributed by atoms with Gasteiger partial charge in [-0.25, -0.2) is 0 Å². The van der Waals surface area contributed by atoms with Crippen LogP contribution >= 0.6 is 0 Å². The summed E-state index contributed by atoms with van der Waals surface area (Å²) in [5, 5.41) is 3.46. The third-order valence-electron chi connectivity index (χ3n) is 3.55. The Bertz CT molecular complexity index is 249. The van der Waals surface area contributed by atoms with E-state index in [9.17, 15) is 4.79 Å². The van der Waals surface area contributed by atoms with Crippen LogP contribution < -0.4 is 11.1 Å². The topological polar surface area (TPSA) is 55.1 Å². The van der Waals surface area contributed by atoms with Gasteiger partial charge in [-0.15, -0.1) is 0 Å². The normalized spacial score (nSPS) is 41.8. The molecule has 3 heteroatoms. The Morgan fingerprint density at radius 2 is 2.23 bits per heavy atom. The van der Waals surface area contributed by atoms with Crippen molar-refractivity contribution in [2.45, 2.75) is 38.6 Å². The SMILES string of the molecule is CC1(C)CC2(CCN1)CC2C(N)=O. The van der Waals surface area contributed by atoms with Crippen molar-refractivity contribution in [3.63, 3.8) is 0 Å². The Morgan fingerprint density at radius 3 is 2.69 bits per heavy atom. The molecule has 3 N–H and O–H groups in total. The molecule has 0 aromatic carbocycles. The van der Waals surface area contributed by atoms with Crippen LogP contribution in [0, 0.1) is 11.3 Å². The summed E-state index contributed by atoms with van der Waals surface area (Å²) < 4.78 is 0. The molecule has 1 spiro atoms. The molecule has 2 rings (SSSR count). The molecular formula is C10H18N2O. The van der Waals surface area contributed by atoms with Gasteiger partial charge in [-0.3, -0.25) is 4.79 Å². The second kappa shape index (κ2) is 2.47. The Balaban J connectivity index is 2.06. The number of rotatable bonds is 1. The van der Waals surface area contributed by atoms with Gasteiger partial charge in [0.2, 0.25) is 5.91 Å². The molecule has 2 fully saturated rings. The summed E-state index contributed by atoms with van der Waals surface area (Å²) in [6.07, 6.45) is 3.23. The number of carbonyl (C=O) groups is 1. The van der Waals surface area contributed by atoms with Crippen molar-refractivity contribution in [2.24, 2.45) is 17.1 Å². The zero-order valence-corrected chi connectivity index (χ0v) is 8.39. The fraction of sp³-hybridized carbons (Fsp3) is 0.900. The van der Waals surface area contributed by atoms with Crippen LogP contribution in [-0.4, -0.2) is 18.0 Å². The Kier molecular flexibility index (Phi) is 1.71. The maximum atomic E-state index is 11.0. The van der Waals surface area contributed by atoms with Crippen LogP contribution in [0.15, 0.2) is 0 Å².